The van der Waals surface area contributed by atoms with E-state index in [9.17, 15) is 0 Å². The summed E-state index contributed by atoms with van der Waals surface area (Å²) >= 11 is 6.10. The van der Waals surface area contributed by atoms with E-state index in [1.165, 1.54) is 12.8 Å². The fourth-order valence-corrected chi connectivity index (χ4v) is 2.58. The Bertz CT molecular complexity index is 417. The quantitative estimate of drug-likeness (QED) is 0.614. The highest BCUT2D eigenvalue weighted by Gasteiger charge is 2.24. The van der Waals surface area contributed by atoms with Gasteiger partial charge in [0, 0.05) is 18.3 Å². The van der Waals surface area contributed by atoms with Gasteiger partial charge in [0.2, 0.25) is 0 Å². The van der Waals surface area contributed by atoms with Crippen LogP contribution in [-0.4, -0.2) is 18.4 Å². The van der Waals surface area contributed by atoms with Gasteiger partial charge in [0.05, 0.1) is 10.6 Å². The number of amidine groups is 1. The maximum Gasteiger partial charge on any atom is 0.126 e. The molecule has 1 fully saturated rings. The fraction of sp³-hybridized carbons (Fsp3) is 0.417. The van der Waals surface area contributed by atoms with Gasteiger partial charge in [-0.1, -0.05) is 17.7 Å². The van der Waals surface area contributed by atoms with Gasteiger partial charge in [-0.25, -0.2) is 0 Å². The van der Waals surface area contributed by atoms with Crippen molar-refractivity contribution in [2.75, 3.05) is 11.4 Å². The van der Waals surface area contributed by atoms with Crippen LogP contribution >= 0.6 is 11.6 Å². The molecule has 2 rings (SSSR count). The zero-order valence-corrected chi connectivity index (χ0v) is 10.1. The molecule has 1 aliphatic heterocycles. The summed E-state index contributed by atoms with van der Waals surface area (Å²) in [7, 11) is 0. The van der Waals surface area contributed by atoms with Gasteiger partial charge in [0.15, 0.2) is 0 Å². The predicted octanol–water partition coefficient (Wildman–Crippen LogP) is 2.61. The van der Waals surface area contributed by atoms with Gasteiger partial charge in [-0.3, -0.25) is 5.41 Å². The van der Waals surface area contributed by atoms with Crippen molar-refractivity contribution in [1.29, 1.82) is 5.41 Å². The Morgan fingerprint density at radius 1 is 1.56 bits per heavy atom. The SMILES string of the molecule is CC1CCCN1c1cccc(Cl)c1C(=N)N. The van der Waals surface area contributed by atoms with Crippen molar-refractivity contribution in [3.8, 4) is 0 Å². The second kappa shape index (κ2) is 4.34. The van der Waals surface area contributed by atoms with Crippen LogP contribution in [-0.2, 0) is 0 Å². The van der Waals surface area contributed by atoms with Gasteiger partial charge < -0.3 is 10.6 Å². The third-order valence-corrected chi connectivity index (χ3v) is 3.44. The van der Waals surface area contributed by atoms with Crippen LogP contribution in [0.3, 0.4) is 0 Å². The lowest BCUT2D eigenvalue weighted by Crippen LogP contribution is -2.29. The van der Waals surface area contributed by atoms with Crippen LogP contribution in [0.2, 0.25) is 5.02 Å². The van der Waals surface area contributed by atoms with E-state index in [0.29, 0.717) is 16.6 Å². The van der Waals surface area contributed by atoms with E-state index in [2.05, 4.69) is 11.8 Å². The van der Waals surface area contributed by atoms with Crippen molar-refractivity contribution in [3.05, 3.63) is 28.8 Å². The molecule has 0 amide bonds. The topological polar surface area (TPSA) is 53.1 Å². The average molecular weight is 238 g/mol. The Hall–Kier alpha value is -1.22. The molecular weight excluding hydrogens is 222 g/mol. The number of nitrogen functional groups attached to an aromatic ring is 1. The molecular formula is C12H16ClN3. The highest BCUT2D eigenvalue weighted by molar-refractivity contribution is 6.34. The summed E-state index contributed by atoms with van der Waals surface area (Å²) in [5.41, 5.74) is 7.26. The van der Waals surface area contributed by atoms with Crippen LogP contribution in [0.25, 0.3) is 0 Å². The third-order valence-electron chi connectivity index (χ3n) is 3.12. The second-order valence-electron chi connectivity index (χ2n) is 4.23. The van der Waals surface area contributed by atoms with Crippen molar-refractivity contribution in [1.82, 2.24) is 0 Å². The number of nitrogens with one attached hydrogen (secondary N) is 1. The summed E-state index contributed by atoms with van der Waals surface area (Å²) in [5, 5.41) is 8.17. The third kappa shape index (κ3) is 1.87. The molecule has 3 N–H and O–H groups in total. The van der Waals surface area contributed by atoms with E-state index in [-0.39, 0.29) is 5.84 Å². The Morgan fingerprint density at radius 2 is 2.31 bits per heavy atom. The molecule has 1 heterocycles. The van der Waals surface area contributed by atoms with E-state index in [1.807, 2.05) is 12.1 Å². The minimum absolute atomic E-state index is 0.0414. The van der Waals surface area contributed by atoms with Crippen LogP contribution in [0, 0.1) is 5.41 Å². The van der Waals surface area contributed by atoms with Crippen LogP contribution < -0.4 is 10.6 Å². The first-order chi connectivity index (χ1) is 7.61. The van der Waals surface area contributed by atoms with E-state index in [0.717, 1.165) is 12.2 Å². The summed E-state index contributed by atoms with van der Waals surface area (Å²) in [6.45, 7) is 3.21. The molecule has 0 radical (unpaired) electrons. The van der Waals surface area contributed by atoms with Crippen molar-refractivity contribution in [2.45, 2.75) is 25.8 Å². The molecule has 1 aromatic carbocycles. The maximum absolute atomic E-state index is 7.61. The summed E-state index contributed by atoms with van der Waals surface area (Å²) in [5.74, 6) is 0.0414. The molecule has 1 aromatic rings. The van der Waals surface area contributed by atoms with Crippen molar-refractivity contribution >= 4 is 23.1 Å². The molecule has 86 valence electrons. The number of hydrogen-bond acceptors (Lipinski definition) is 2. The summed E-state index contributed by atoms with van der Waals surface area (Å²) in [4.78, 5) is 2.28. The lowest BCUT2D eigenvalue weighted by molar-refractivity contribution is 0.734. The monoisotopic (exact) mass is 237 g/mol. The number of benzene rings is 1. The molecule has 0 aliphatic carbocycles. The maximum atomic E-state index is 7.61. The Balaban J connectivity index is 2.47. The van der Waals surface area contributed by atoms with Crippen LogP contribution in [0.4, 0.5) is 5.69 Å². The molecule has 0 aromatic heterocycles. The second-order valence-corrected chi connectivity index (χ2v) is 4.64. The summed E-state index contributed by atoms with van der Waals surface area (Å²) < 4.78 is 0. The Labute approximate surface area is 101 Å². The molecule has 0 bridgehead atoms. The first kappa shape index (κ1) is 11.3. The lowest BCUT2D eigenvalue weighted by atomic mass is 10.1. The standard InChI is InChI=1S/C12H16ClN3/c1-8-4-3-7-16(8)10-6-2-5-9(13)11(10)12(14)15/h2,5-6,8H,3-4,7H2,1H3,(H3,14,15). The molecule has 1 aliphatic rings. The molecule has 4 heteroatoms. The summed E-state index contributed by atoms with van der Waals surface area (Å²) in [6.07, 6.45) is 2.37. The molecule has 1 unspecified atom stereocenters. The molecule has 1 saturated heterocycles. The largest absolute Gasteiger partial charge is 0.384 e. The number of nitrogens with two attached hydrogens (primary N) is 1. The predicted molar refractivity (Wildman–Crippen MR) is 68.5 cm³/mol. The highest BCUT2D eigenvalue weighted by atomic mass is 35.5. The number of nitrogens with zero attached hydrogens (tertiary/aromatic N) is 1. The van der Waals surface area contributed by atoms with E-state index in [1.54, 1.807) is 6.07 Å². The van der Waals surface area contributed by atoms with E-state index < -0.39 is 0 Å². The smallest absolute Gasteiger partial charge is 0.126 e. The number of halogens is 1. The molecule has 0 spiro atoms. The lowest BCUT2D eigenvalue weighted by Gasteiger charge is -2.26. The van der Waals surface area contributed by atoms with Crippen LogP contribution in [0.15, 0.2) is 18.2 Å². The zero-order valence-electron chi connectivity index (χ0n) is 9.33. The van der Waals surface area contributed by atoms with Gasteiger partial charge in [-0.15, -0.1) is 0 Å². The summed E-state index contributed by atoms with van der Waals surface area (Å²) in [6, 6.07) is 6.18. The zero-order chi connectivity index (χ0) is 11.7. The first-order valence-electron chi connectivity index (χ1n) is 5.51. The van der Waals surface area contributed by atoms with E-state index >= 15 is 0 Å². The van der Waals surface area contributed by atoms with Crippen molar-refractivity contribution in [3.63, 3.8) is 0 Å². The molecule has 3 nitrogen and oxygen atoms in total. The Morgan fingerprint density at radius 3 is 2.88 bits per heavy atom. The highest BCUT2D eigenvalue weighted by Crippen LogP contribution is 2.32. The molecule has 1 atom stereocenters. The van der Waals surface area contributed by atoms with Gasteiger partial charge in [0.25, 0.3) is 0 Å². The van der Waals surface area contributed by atoms with Gasteiger partial charge in [-0.2, -0.15) is 0 Å². The van der Waals surface area contributed by atoms with Crippen molar-refractivity contribution < 1.29 is 0 Å². The van der Waals surface area contributed by atoms with E-state index in [4.69, 9.17) is 22.7 Å². The van der Waals surface area contributed by atoms with Crippen molar-refractivity contribution in [2.24, 2.45) is 5.73 Å². The molecule has 0 saturated carbocycles. The Kier molecular flexibility index (Phi) is 3.06. The average Bonchev–Trinajstić information content (AvgIpc) is 2.63. The van der Waals surface area contributed by atoms with Crippen LogP contribution in [0.5, 0.6) is 0 Å². The normalized spacial score (nSPS) is 20.1. The fourth-order valence-electron chi connectivity index (χ4n) is 2.31. The molecule has 16 heavy (non-hydrogen) atoms. The van der Waals surface area contributed by atoms with Gasteiger partial charge in [0.1, 0.15) is 5.84 Å². The number of anilines is 1. The minimum Gasteiger partial charge on any atom is -0.384 e. The van der Waals surface area contributed by atoms with Gasteiger partial charge in [-0.05, 0) is 31.9 Å². The number of hydrogen-bond donors (Lipinski definition) is 2. The number of rotatable bonds is 2. The minimum atomic E-state index is 0.0414. The van der Waals surface area contributed by atoms with Gasteiger partial charge >= 0.3 is 0 Å². The first-order valence-corrected chi connectivity index (χ1v) is 5.88. The van der Waals surface area contributed by atoms with Crippen LogP contribution in [0.1, 0.15) is 25.3 Å².